The van der Waals surface area contributed by atoms with Gasteiger partial charge in [-0.3, -0.25) is 4.79 Å². The topological polar surface area (TPSA) is 61.0 Å². The van der Waals surface area contributed by atoms with Crippen molar-refractivity contribution in [2.75, 3.05) is 0 Å². The summed E-state index contributed by atoms with van der Waals surface area (Å²) in [5.41, 5.74) is 1.23. The summed E-state index contributed by atoms with van der Waals surface area (Å²) in [4.78, 5) is 17.2. The lowest BCUT2D eigenvalue weighted by Crippen LogP contribution is -1.89. The molecule has 0 atom stereocenters. The van der Waals surface area contributed by atoms with E-state index in [1.807, 2.05) is 24.3 Å². The van der Waals surface area contributed by atoms with Crippen molar-refractivity contribution >= 4 is 22.5 Å². The van der Waals surface area contributed by atoms with E-state index in [0.29, 0.717) is 5.56 Å². The molecule has 1 heterocycles. The molecule has 1 aromatic heterocycles. The van der Waals surface area contributed by atoms with Crippen molar-refractivity contribution in [1.82, 2.24) is 4.98 Å². The van der Waals surface area contributed by atoms with E-state index in [-0.39, 0.29) is 11.6 Å². The molecule has 0 saturated heterocycles. The minimum Gasteiger partial charge on any atom is -0.294 e. The van der Waals surface area contributed by atoms with E-state index >= 15 is 0 Å². The van der Waals surface area contributed by atoms with Gasteiger partial charge in [0.1, 0.15) is 11.1 Å². The van der Waals surface area contributed by atoms with Crippen LogP contribution in [0, 0.1) is 5.39 Å². The van der Waals surface area contributed by atoms with Gasteiger partial charge in [-0.15, -0.1) is 0 Å². The third-order valence-corrected chi connectivity index (χ3v) is 2.14. The molecule has 2 aromatic rings. The fraction of sp³-hybridized carbons (Fsp3) is 0.100. The van der Waals surface area contributed by atoms with Crippen LogP contribution >= 0.6 is 0 Å². The van der Waals surface area contributed by atoms with Gasteiger partial charge >= 0.3 is 5.82 Å². The summed E-state index contributed by atoms with van der Waals surface area (Å²) in [5.74, 6) is 0.106. The van der Waals surface area contributed by atoms with Gasteiger partial charge in [-0.25, -0.2) is 4.98 Å². The Hall–Kier alpha value is -2.15. The van der Waals surface area contributed by atoms with Crippen LogP contribution in [-0.2, 0) is 0 Å². The van der Waals surface area contributed by atoms with Crippen LogP contribution in [0.4, 0.5) is 5.82 Å². The Morgan fingerprint density at radius 3 is 2.79 bits per heavy atom. The Bertz CT molecular complexity index is 548. The Morgan fingerprint density at radius 1 is 1.43 bits per heavy atom. The number of rotatable bonds is 1. The second kappa shape index (κ2) is 2.96. The molecule has 0 aliphatic rings. The molecule has 14 heavy (non-hydrogen) atoms. The summed E-state index contributed by atoms with van der Waals surface area (Å²) in [7, 11) is 0. The number of aromatic nitrogens is 1. The van der Waals surface area contributed by atoms with Crippen molar-refractivity contribution in [2.24, 2.45) is 0 Å². The van der Waals surface area contributed by atoms with Crippen LogP contribution in [0.15, 0.2) is 24.3 Å². The molecule has 0 radical (unpaired) electrons. The Balaban J connectivity index is 2.89. The number of nitrogens with zero attached hydrogens (tertiary/aromatic N) is 2. The summed E-state index contributed by atoms with van der Waals surface area (Å²) in [5, 5.41) is 9.49. The van der Waals surface area contributed by atoms with Crippen molar-refractivity contribution in [3.8, 4) is 0 Å². The largest absolute Gasteiger partial charge is 0.434 e. The number of carbonyl (C=O) groups is 1. The number of hydrogen-bond acceptors (Lipinski definition) is 2. The number of aromatic amines is 1. The van der Waals surface area contributed by atoms with Crippen molar-refractivity contribution in [3.63, 3.8) is 0 Å². The molecule has 4 nitrogen and oxygen atoms in total. The zero-order valence-corrected chi connectivity index (χ0v) is 7.61. The number of para-hydroxylation sites is 1. The third-order valence-electron chi connectivity index (χ3n) is 2.14. The molecule has 0 aliphatic carbocycles. The van der Waals surface area contributed by atoms with E-state index in [1.54, 1.807) is 0 Å². The van der Waals surface area contributed by atoms with Gasteiger partial charge in [0.05, 0.1) is 5.39 Å². The van der Waals surface area contributed by atoms with E-state index in [0.717, 1.165) is 10.9 Å². The molecule has 0 fully saturated rings. The Labute approximate surface area is 80.2 Å². The van der Waals surface area contributed by atoms with Gasteiger partial charge in [-0.05, 0) is 19.1 Å². The summed E-state index contributed by atoms with van der Waals surface area (Å²) in [6.07, 6.45) is 0. The molecular weight excluding hydrogens is 178 g/mol. The summed E-state index contributed by atoms with van der Waals surface area (Å²) < 4.78 is 0. The van der Waals surface area contributed by atoms with Crippen LogP contribution in [0.2, 0.25) is 0 Å². The first-order valence-corrected chi connectivity index (χ1v) is 4.21. The lowest BCUT2D eigenvalue weighted by atomic mass is 10.1. The zero-order chi connectivity index (χ0) is 10.1. The molecular formula is C10H8N3O+. The molecule has 0 unspecified atom stereocenters. The van der Waals surface area contributed by atoms with Gasteiger partial charge in [-0.2, -0.15) is 0 Å². The SMILES string of the molecule is CC(=O)c1c([N+]#N)[nH]c2ccccc12. The molecule has 2 rings (SSSR count). The number of carbonyl (C=O) groups excluding carboxylic acids is 1. The van der Waals surface area contributed by atoms with E-state index in [4.69, 9.17) is 5.39 Å². The highest BCUT2D eigenvalue weighted by Crippen LogP contribution is 2.28. The minimum absolute atomic E-state index is 0.116. The number of H-pyrrole nitrogens is 1. The number of benzene rings is 1. The standard InChI is InChI=1S/C10H7N3O/c1-6(14)9-7-4-2-3-5-8(7)12-10(9)13-11/h2-5H,1H3/p+1. The first-order valence-electron chi connectivity index (χ1n) is 4.21. The molecule has 0 bridgehead atoms. The average molecular weight is 186 g/mol. The van der Waals surface area contributed by atoms with Gasteiger partial charge in [0.15, 0.2) is 5.78 Å². The maximum atomic E-state index is 11.3. The predicted octanol–water partition coefficient (Wildman–Crippen LogP) is 2.86. The fourth-order valence-corrected chi connectivity index (χ4v) is 1.56. The molecule has 0 spiro atoms. The highest BCUT2D eigenvalue weighted by Gasteiger charge is 2.23. The van der Waals surface area contributed by atoms with Crippen molar-refractivity contribution in [2.45, 2.75) is 6.92 Å². The van der Waals surface area contributed by atoms with Gasteiger partial charge in [0.2, 0.25) is 0 Å². The monoisotopic (exact) mass is 186 g/mol. The summed E-state index contributed by atoms with van der Waals surface area (Å²) >= 11 is 0. The maximum absolute atomic E-state index is 11.3. The molecule has 1 aromatic carbocycles. The van der Waals surface area contributed by atoms with Gasteiger partial charge in [0.25, 0.3) is 0 Å². The number of Topliss-reactive ketones (excluding diaryl/α,β-unsaturated/α-hetero) is 1. The van der Waals surface area contributed by atoms with Crippen molar-refractivity contribution < 1.29 is 4.79 Å². The first-order chi connectivity index (χ1) is 6.74. The van der Waals surface area contributed by atoms with Crippen molar-refractivity contribution in [1.29, 1.82) is 5.39 Å². The summed E-state index contributed by atoms with van der Waals surface area (Å²) in [6, 6.07) is 7.33. The van der Waals surface area contributed by atoms with E-state index in [2.05, 4.69) is 9.96 Å². The molecule has 4 heteroatoms. The third kappa shape index (κ3) is 1.07. The Kier molecular flexibility index (Phi) is 1.79. The number of ketones is 1. The normalized spacial score (nSPS) is 10.0. The van der Waals surface area contributed by atoms with Crippen LogP contribution in [-0.4, -0.2) is 10.8 Å². The maximum Gasteiger partial charge on any atom is 0.434 e. The molecule has 0 aliphatic heterocycles. The zero-order valence-electron chi connectivity index (χ0n) is 7.61. The summed E-state index contributed by atoms with van der Waals surface area (Å²) in [6.45, 7) is 1.45. The molecule has 0 amide bonds. The number of hydrogen-bond donors (Lipinski definition) is 1. The first kappa shape index (κ1) is 8.45. The highest BCUT2D eigenvalue weighted by molar-refractivity contribution is 6.11. The molecule has 1 N–H and O–H groups in total. The van der Waals surface area contributed by atoms with E-state index < -0.39 is 0 Å². The van der Waals surface area contributed by atoms with Gasteiger partial charge < -0.3 is 0 Å². The average Bonchev–Trinajstić information content (AvgIpc) is 2.55. The molecule has 68 valence electrons. The van der Waals surface area contributed by atoms with Crippen LogP contribution in [0.5, 0.6) is 0 Å². The lowest BCUT2D eigenvalue weighted by Gasteiger charge is -1.86. The number of diazo groups is 1. The van der Waals surface area contributed by atoms with Crippen LogP contribution in [0.3, 0.4) is 0 Å². The van der Waals surface area contributed by atoms with Crippen LogP contribution in [0.1, 0.15) is 17.3 Å². The van der Waals surface area contributed by atoms with Crippen LogP contribution in [0.25, 0.3) is 15.9 Å². The van der Waals surface area contributed by atoms with E-state index in [9.17, 15) is 4.79 Å². The van der Waals surface area contributed by atoms with Crippen molar-refractivity contribution in [3.05, 3.63) is 34.8 Å². The van der Waals surface area contributed by atoms with Gasteiger partial charge in [0, 0.05) is 10.4 Å². The quantitative estimate of drug-likeness (QED) is 0.549. The second-order valence-electron chi connectivity index (χ2n) is 3.05. The molecule has 0 saturated carbocycles. The fourth-order valence-electron chi connectivity index (χ4n) is 1.56. The van der Waals surface area contributed by atoms with Gasteiger partial charge in [-0.1, -0.05) is 12.1 Å². The van der Waals surface area contributed by atoms with Crippen LogP contribution < -0.4 is 0 Å². The lowest BCUT2D eigenvalue weighted by molar-refractivity contribution is 0.102. The number of nitrogens with one attached hydrogen (secondary N) is 1. The number of fused-ring (bicyclic) bond motifs is 1. The second-order valence-corrected chi connectivity index (χ2v) is 3.05. The Morgan fingerprint density at radius 2 is 2.14 bits per heavy atom. The highest BCUT2D eigenvalue weighted by atomic mass is 16.1. The minimum atomic E-state index is -0.116. The predicted molar refractivity (Wildman–Crippen MR) is 53.0 cm³/mol. The van der Waals surface area contributed by atoms with E-state index in [1.165, 1.54) is 6.92 Å². The smallest absolute Gasteiger partial charge is 0.294 e.